The minimum absolute atomic E-state index is 0.138. The second-order valence-electron chi connectivity index (χ2n) is 3.87. The van der Waals surface area contributed by atoms with Crippen LogP contribution in [-0.2, 0) is 6.42 Å². The summed E-state index contributed by atoms with van der Waals surface area (Å²) in [5.41, 5.74) is 0.878. The van der Waals surface area contributed by atoms with E-state index in [9.17, 15) is 13.6 Å². The number of hydrogen-bond acceptors (Lipinski definition) is 4. The lowest BCUT2D eigenvalue weighted by Gasteiger charge is -2.20. The van der Waals surface area contributed by atoms with Crippen molar-refractivity contribution >= 4 is 22.5 Å². The van der Waals surface area contributed by atoms with E-state index in [4.69, 9.17) is 5.11 Å². The molecule has 0 atom stereocenters. The van der Waals surface area contributed by atoms with E-state index in [1.807, 2.05) is 13.8 Å². The Kier molecular flexibility index (Phi) is 6.10. The lowest BCUT2D eigenvalue weighted by Crippen LogP contribution is -2.40. The minimum Gasteiger partial charge on any atom is -0.395 e. The summed E-state index contributed by atoms with van der Waals surface area (Å²) < 4.78 is 24.6. The number of nitrogens with one attached hydrogen (secondary N) is 1. The van der Waals surface area contributed by atoms with Gasteiger partial charge in [0.2, 0.25) is 0 Å². The third-order valence-corrected chi connectivity index (χ3v) is 3.39. The molecule has 19 heavy (non-hydrogen) atoms. The molecular weight excluding hydrogens is 276 g/mol. The third kappa shape index (κ3) is 4.71. The fourth-order valence-corrected chi connectivity index (χ4v) is 2.44. The van der Waals surface area contributed by atoms with Crippen molar-refractivity contribution in [1.29, 1.82) is 0 Å². The van der Waals surface area contributed by atoms with Gasteiger partial charge in [-0.05, 0) is 13.3 Å². The van der Waals surface area contributed by atoms with E-state index < -0.39 is 19.0 Å². The van der Waals surface area contributed by atoms with Crippen LogP contribution in [0.4, 0.5) is 18.7 Å². The number of aryl methyl sites for hydroxylation is 2. The highest BCUT2D eigenvalue weighted by atomic mass is 32.1. The predicted octanol–water partition coefficient (Wildman–Crippen LogP) is 2.11. The second kappa shape index (κ2) is 7.34. The molecule has 1 rings (SSSR count). The van der Waals surface area contributed by atoms with Crippen LogP contribution in [0.3, 0.4) is 0 Å². The number of alkyl halides is 2. The van der Waals surface area contributed by atoms with E-state index in [1.54, 1.807) is 0 Å². The van der Waals surface area contributed by atoms with Gasteiger partial charge in [-0.2, -0.15) is 0 Å². The highest BCUT2D eigenvalue weighted by Gasteiger charge is 2.19. The predicted molar refractivity (Wildman–Crippen MR) is 69.9 cm³/mol. The molecule has 0 saturated heterocycles. The molecule has 2 amide bonds. The Bertz CT molecular complexity index is 426. The normalized spacial score (nSPS) is 10.8. The van der Waals surface area contributed by atoms with Crippen LogP contribution >= 0.6 is 11.3 Å². The average Bonchev–Trinajstić information content (AvgIpc) is 2.68. The molecule has 1 aromatic rings. The molecular formula is C11H17F2N3O2S. The molecule has 0 aromatic carbocycles. The largest absolute Gasteiger partial charge is 0.395 e. The first kappa shape index (κ1) is 15.8. The smallest absolute Gasteiger partial charge is 0.323 e. The van der Waals surface area contributed by atoms with E-state index in [-0.39, 0.29) is 13.2 Å². The van der Waals surface area contributed by atoms with E-state index in [0.29, 0.717) is 5.13 Å². The molecule has 0 aliphatic rings. The molecule has 108 valence electrons. The quantitative estimate of drug-likeness (QED) is 0.844. The van der Waals surface area contributed by atoms with Gasteiger partial charge < -0.3 is 10.0 Å². The molecule has 5 nitrogen and oxygen atoms in total. The van der Waals surface area contributed by atoms with Gasteiger partial charge in [0.15, 0.2) is 5.13 Å². The van der Waals surface area contributed by atoms with Crippen molar-refractivity contribution in [3.63, 3.8) is 0 Å². The van der Waals surface area contributed by atoms with Crippen LogP contribution in [0.2, 0.25) is 0 Å². The maximum absolute atomic E-state index is 12.3. The van der Waals surface area contributed by atoms with Gasteiger partial charge in [-0.1, -0.05) is 6.92 Å². The summed E-state index contributed by atoms with van der Waals surface area (Å²) in [6.45, 7) is 2.62. The molecule has 2 N–H and O–H groups in total. The molecule has 0 aliphatic heterocycles. The van der Waals surface area contributed by atoms with Gasteiger partial charge in [0.1, 0.15) is 0 Å². The zero-order chi connectivity index (χ0) is 14.4. The first-order chi connectivity index (χ1) is 8.97. The van der Waals surface area contributed by atoms with Crippen LogP contribution in [0.15, 0.2) is 0 Å². The summed E-state index contributed by atoms with van der Waals surface area (Å²) in [4.78, 5) is 17.8. The number of carbonyl (C=O) groups is 1. The first-order valence-electron chi connectivity index (χ1n) is 5.89. The van der Waals surface area contributed by atoms with Gasteiger partial charge >= 0.3 is 6.03 Å². The summed E-state index contributed by atoms with van der Waals surface area (Å²) in [6, 6.07) is -0.675. The molecule has 0 spiro atoms. The number of halogens is 2. The molecule has 0 radical (unpaired) electrons. The van der Waals surface area contributed by atoms with Crippen LogP contribution in [0, 0.1) is 6.92 Å². The van der Waals surface area contributed by atoms with Crippen molar-refractivity contribution in [1.82, 2.24) is 9.88 Å². The number of anilines is 1. The van der Waals surface area contributed by atoms with E-state index in [2.05, 4.69) is 10.3 Å². The maximum Gasteiger partial charge on any atom is 0.323 e. The number of amides is 2. The second-order valence-corrected chi connectivity index (χ2v) is 5.07. The van der Waals surface area contributed by atoms with Crippen LogP contribution in [0.5, 0.6) is 0 Å². The van der Waals surface area contributed by atoms with Gasteiger partial charge in [-0.15, -0.1) is 11.3 Å². The number of aliphatic hydroxyl groups is 1. The van der Waals surface area contributed by atoms with Crippen LogP contribution in [-0.4, -0.2) is 47.1 Å². The lowest BCUT2D eigenvalue weighted by molar-refractivity contribution is 0.0943. The fraction of sp³-hybridized carbons (Fsp3) is 0.636. The number of aliphatic hydroxyl groups excluding tert-OH is 1. The monoisotopic (exact) mass is 293 g/mol. The summed E-state index contributed by atoms with van der Waals surface area (Å²) in [5, 5.41) is 11.6. The van der Waals surface area contributed by atoms with Crippen molar-refractivity contribution in [2.75, 3.05) is 25.0 Å². The highest BCUT2D eigenvalue weighted by Crippen LogP contribution is 2.22. The number of rotatable bonds is 6. The molecule has 1 heterocycles. The van der Waals surface area contributed by atoms with E-state index >= 15 is 0 Å². The van der Waals surface area contributed by atoms with Crippen molar-refractivity contribution in [2.24, 2.45) is 0 Å². The third-order valence-electron chi connectivity index (χ3n) is 2.46. The average molecular weight is 293 g/mol. The number of thiazole rings is 1. The lowest BCUT2D eigenvalue weighted by atomic mass is 10.3. The molecule has 0 bridgehead atoms. The van der Waals surface area contributed by atoms with Gasteiger partial charge in [-0.25, -0.2) is 18.6 Å². The van der Waals surface area contributed by atoms with Gasteiger partial charge in [0.25, 0.3) is 6.43 Å². The molecule has 8 heteroatoms. The maximum atomic E-state index is 12.3. The van der Waals surface area contributed by atoms with Crippen molar-refractivity contribution in [3.05, 3.63) is 10.6 Å². The minimum atomic E-state index is -2.64. The SMILES string of the molecule is CCc1nc(NC(=O)N(CCO)CC(F)F)sc1C. The summed E-state index contributed by atoms with van der Waals surface area (Å²) in [5.74, 6) is 0. The zero-order valence-electron chi connectivity index (χ0n) is 10.8. The Morgan fingerprint density at radius 1 is 1.58 bits per heavy atom. The number of nitrogens with zero attached hydrogens (tertiary/aromatic N) is 2. The first-order valence-corrected chi connectivity index (χ1v) is 6.70. The van der Waals surface area contributed by atoms with Crippen LogP contribution in [0.25, 0.3) is 0 Å². The topological polar surface area (TPSA) is 65.5 Å². The van der Waals surface area contributed by atoms with Crippen molar-refractivity contribution in [3.8, 4) is 0 Å². The Hall–Kier alpha value is -1.28. The number of hydrogen-bond donors (Lipinski definition) is 2. The number of urea groups is 1. The number of aromatic nitrogens is 1. The van der Waals surface area contributed by atoms with Crippen LogP contribution < -0.4 is 5.32 Å². The van der Waals surface area contributed by atoms with Gasteiger partial charge in [0.05, 0.1) is 18.8 Å². The Morgan fingerprint density at radius 3 is 2.74 bits per heavy atom. The fourth-order valence-electron chi connectivity index (χ4n) is 1.54. The molecule has 0 aliphatic carbocycles. The summed E-state index contributed by atoms with van der Waals surface area (Å²) in [6.07, 6.45) is -1.89. The van der Waals surface area contributed by atoms with Gasteiger partial charge in [-0.3, -0.25) is 5.32 Å². The molecule has 0 fully saturated rings. The molecule has 0 saturated carbocycles. The Labute approximate surface area is 114 Å². The number of carbonyl (C=O) groups excluding carboxylic acids is 1. The van der Waals surface area contributed by atoms with Crippen LogP contribution in [0.1, 0.15) is 17.5 Å². The standard InChI is InChI=1S/C11H17F2N3O2S/c1-3-8-7(2)19-10(14-8)15-11(18)16(4-5-17)6-9(12)13/h9,17H,3-6H2,1-2H3,(H,14,15,18). The highest BCUT2D eigenvalue weighted by molar-refractivity contribution is 7.15. The van der Waals surface area contributed by atoms with E-state index in [0.717, 1.165) is 21.9 Å². The molecule has 1 aromatic heterocycles. The van der Waals surface area contributed by atoms with Crippen molar-refractivity contribution < 1.29 is 18.7 Å². The molecule has 0 unspecified atom stereocenters. The van der Waals surface area contributed by atoms with E-state index in [1.165, 1.54) is 11.3 Å². The Balaban J connectivity index is 2.69. The zero-order valence-corrected chi connectivity index (χ0v) is 11.6. The summed E-state index contributed by atoms with van der Waals surface area (Å²) in [7, 11) is 0. The summed E-state index contributed by atoms with van der Waals surface area (Å²) >= 11 is 1.30. The Morgan fingerprint density at radius 2 is 2.26 bits per heavy atom. The van der Waals surface area contributed by atoms with Crippen molar-refractivity contribution in [2.45, 2.75) is 26.7 Å². The van der Waals surface area contributed by atoms with Gasteiger partial charge in [0, 0.05) is 11.4 Å².